The van der Waals surface area contributed by atoms with Crippen molar-refractivity contribution in [2.75, 3.05) is 17.7 Å². The van der Waals surface area contributed by atoms with Crippen LogP contribution in [0.25, 0.3) is 10.8 Å². The maximum absolute atomic E-state index is 11.0. The third-order valence-corrected chi connectivity index (χ3v) is 3.89. The van der Waals surface area contributed by atoms with E-state index < -0.39 is 0 Å². The summed E-state index contributed by atoms with van der Waals surface area (Å²) >= 11 is 5.99. The highest BCUT2D eigenvalue weighted by Crippen LogP contribution is 2.42. The van der Waals surface area contributed by atoms with Gasteiger partial charge in [0.2, 0.25) is 0 Å². The Labute approximate surface area is 115 Å². The smallest absolute Gasteiger partial charge is 0.117 e. The van der Waals surface area contributed by atoms with Gasteiger partial charge in [-0.3, -0.25) is 0 Å². The van der Waals surface area contributed by atoms with Crippen molar-refractivity contribution in [3.05, 3.63) is 40.3 Å². The molecule has 3 rings (SSSR count). The van der Waals surface area contributed by atoms with Crippen molar-refractivity contribution >= 4 is 33.7 Å². The van der Waals surface area contributed by atoms with Gasteiger partial charge in [0.1, 0.15) is 5.69 Å². The number of halogens is 1. The molecule has 1 atom stereocenters. The molecule has 0 aliphatic carbocycles. The van der Waals surface area contributed by atoms with E-state index in [0.29, 0.717) is 17.1 Å². The summed E-state index contributed by atoms with van der Waals surface area (Å²) in [6, 6.07) is 9.14. The largest absolute Gasteiger partial charge is 0.384 e. The van der Waals surface area contributed by atoms with Crippen LogP contribution < -0.4 is 5.32 Å². The molecule has 19 heavy (non-hydrogen) atoms. The number of fused-ring (bicyclic) bond motifs is 3. The van der Waals surface area contributed by atoms with E-state index >= 15 is 0 Å². The van der Waals surface area contributed by atoms with Crippen molar-refractivity contribution in [3.8, 4) is 6.07 Å². The Bertz CT molecular complexity index is 721. The summed E-state index contributed by atoms with van der Waals surface area (Å²) in [7, 11) is 0. The van der Waals surface area contributed by atoms with Crippen LogP contribution in [-0.2, 0) is 0 Å². The van der Waals surface area contributed by atoms with Crippen LogP contribution in [0.2, 0.25) is 0 Å². The summed E-state index contributed by atoms with van der Waals surface area (Å²) in [6.45, 7) is 0.743. The van der Waals surface area contributed by atoms with Crippen molar-refractivity contribution < 1.29 is 0 Å². The minimum atomic E-state index is 0.189. The Morgan fingerprint density at radius 1 is 1.42 bits per heavy atom. The van der Waals surface area contributed by atoms with Gasteiger partial charge < -0.3 is 5.32 Å². The maximum atomic E-state index is 11.0. The number of hydrogen-bond acceptors (Lipinski definition) is 4. The average Bonchev–Trinajstić information content (AvgIpc) is 2.88. The summed E-state index contributed by atoms with van der Waals surface area (Å²) in [6.07, 6.45) is 0. The van der Waals surface area contributed by atoms with Crippen molar-refractivity contribution in [1.82, 2.24) is 0 Å². The minimum absolute atomic E-state index is 0.189. The lowest BCUT2D eigenvalue weighted by molar-refractivity contribution is 0.869. The molecular weight excluding hydrogens is 262 g/mol. The van der Waals surface area contributed by atoms with Crippen LogP contribution in [-0.4, -0.2) is 12.4 Å². The van der Waals surface area contributed by atoms with Crippen LogP contribution >= 0.6 is 11.6 Å². The van der Waals surface area contributed by atoms with Gasteiger partial charge in [-0.2, -0.15) is 5.26 Å². The molecule has 0 saturated heterocycles. The van der Waals surface area contributed by atoms with Crippen LogP contribution in [0.15, 0.2) is 29.4 Å². The number of nitrogens with one attached hydrogen (secondary N) is 1. The van der Waals surface area contributed by atoms with Crippen molar-refractivity contribution in [2.24, 2.45) is 5.18 Å². The Kier molecular flexibility index (Phi) is 2.84. The van der Waals surface area contributed by atoms with Gasteiger partial charge >= 0.3 is 0 Å². The molecule has 2 aromatic rings. The molecule has 4 nitrogen and oxygen atoms in total. The zero-order valence-corrected chi connectivity index (χ0v) is 10.7. The molecule has 0 aromatic heterocycles. The Balaban J connectivity index is 2.40. The molecule has 1 aliphatic rings. The number of nitriles is 1. The second kappa shape index (κ2) is 4.52. The molecule has 1 N–H and O–H groups in total. The predicted octanol–water partition coefficient (Wildman–Crippen LogP) is 3.86. The Morgan fingerprint density at radius 2 is 2.26 bits per heavy atom. The monoisotopic (exact) mass is 271 g/mol. The third-order valence-electron chi connectivity index (χ3n) is 3.52. The summed E-state index contributed by atoms with van der Waals surface area (Å²) in [5, 5.41) is 17.0. The van der Waals surface area contributed by atoms with E-state index in [-0.39, 0.29) is 5.92 Å². The molecule has 0 amide bonds. The first-order valence-corrected chi connectivity index (χ1v) is 6.46. The van der Waals surface area contributed by atoms with E-state index in [4.69, 9.17) is 16.9 Å². The number of hydrogen-bond donors (Lipinski definition) is 1. The minimum Gasteiger partial charge on any atom is -0.384 e. The van der Waals surface area contributed by atoms with Crippen LogP contribution in [0.4, 0.5) is 11.4 Å². The number of rotatable bonds is 2. The topological polar surface area (TPSA) is 65.2 Å². The number of nitroso groups, excluding NO2 is 1. The molecule has 0 fully saturated rings. The highest BCUT2D eigenvalue weighted by molar-refractivity contribution is 6.18. The van der Waals surface area contributed by atoms with Crippen LogP contribution in [0.5, 0.6) is 0 Å². The van der Waals surface area contributed by atoms with Gasteiger partial charge in [-0.1, -0.05) is 6.07 Å². The van der Waals surface area contributed by atoms with E-state index in [1.165, 1.54) is 0 Å². The molecule has 1 aliphatic heterocycles. The molecule has 1 heterocycles. The lowest BCUT2D eigenvalue weighted by atomic mass is 9.94. The predicted molar refractivity (Wildman–Crippen MR) is 76.1 cm³/mol. The molecule has 0 bridgehead atoms. The highest BCUT2D eigenvalue weighted by Gasteiger charge is 2.25. The summed E-state index contributed by atoms with van der Waals surface area (Å²) < 4.78 is 0. The van der Waals surface area contributed by atoms with Crippen LogP contribution in [0.3, 0.4) is 0 Å². The zero-order chi connectivity index (χ0) is 13.4. The van der Waals surface area contributed by atoms with Crippen LogP contribution in [0, 0.1) is 16.2 Å². The fourth-order valence-electron chi connectivity index (χ4n) is 2.63. The summed E-state index contributed by atoms with van der Waals surface area (Å²) in [5.41, 5.74) is 2.93. The number of alkyl halides is 1. The molecule has 0 radical (unpaired) electrons. The van der Waals surface area contributed by atoms with Gasteiger partial charge in [0.25, 0.3) is 0 Å². The SMILES string of the molecule is N#Cc1ccc2c(N=O)cc3c(c2c1)C(CCl)CN3. The van der Waals surface area contributed by atoms with Gasteiger partial charge in [-0.15, -0.1) is 16.5 Å². The van der Waals surface area contributed by atoms with Crippen molar-refractivity contribution in [3.63, 3.8) is 0 Å². The van der Waals surface area contributed by atoms with Gasteiger partial charge in [-0.25, -0.2) is 0 Å². The highest BCUT2D eigenvalue weighted by atomic mass is 35.5. The molecule has 0 saturated carbocycles. The first-order chi connectivity index (χ1) is 9.28. The molecule has 2 aromatic carbocycles. The van der Waals surface area contributed by atoms with E-state index in [1.807, 2.05) is 0 Å². The lowest BCUT2D eigenvalue weighted by Gasteiger charge is -2.11. The Hall–Kier alpha value is -2.12. The third kappa shape index (κ3) is 1.74. The maximum Gasteiger partial charge on any atom is 0.117 e. The first-order valence-electron chi connectivity index (χ1n) is 5.92. The zero-order valence-electron chi connectivity index (χ0n) is 9.98. The van der Waals surface area contributed by atoms with Crippen molar-refractivity contribution in [2.45, 2.75) is 5.92 Å². The number of anilines is 1. The second-order valence-corrected chi connectivity index (χ2v) is 4.86. The summed E-state index contributed by atoms with van der Waals surface area (Å²) in [4.78, 5) is 11.0. The quantitative estimate of drug-likeness (QED) is 0.666. The standard InChI is InChI=1S/C14H10ClN3O/c15-5-9-7-17-13-4-12(18-19)10-2-1-8(6-16)3-11(10)14(9)13/h1-4,9,17H,5,7H2. The second-order valence-electron chi connectivity index (χ2n) is 4.55. The molecule has 0 spiro atoms. The average molecular weight is 272 g/mol. The lowest BCUT2D eigenvalue weighted by Crippen LogP contribution is -2.02. The normalized spacial score (nSPS) is 16.7. The number of nitrogens with zero attached hydrogens (tertiary/aromatic N) is 2. The molecular formula is C14H10ClN3O. The van der Waals surface area contributed by atoms with Crippen molar-refractivity contribution in [1.29, 1.82) is 5.26 Å². The molecule has 5 heteroatoms. The van der Waals surface area contributed by atoms with Crippen LogP contribution in [0.1, 0.15) is 17.0 Å². The molecule has 94 valence electrons. The fraction of sp³-hybridized carbons (Fsp3) is 0.214. The van der Waals surface area contributed by atoms with Gasteiger partial charge in [0, 0.05) is 29.4 Å². The summed E-state index contributed by atoms with van der Waals surface area (Å²) in [5.74, 6) is 0.688. The Morgan fingerprint density at radius 3 is 2.95 bits per heavy atom. The molecule has 1 unspecified atom stereocenters. The number of benzene rings is 2. The van der Waals surface area contributed by atoms with E-state index in [0.717, 1.165) is 28.6 Å². The van der Waals surface area contributed by atoms with E-state index in [2.05, 4.69) is 16.6 Å². The van der Waals surface area contributed by atoms with E-state index in [9.17, 15) is 4.91 Å². The van der Waals surface area contributed by atoms with Gasteiger partial charge in [0.15, 0.2) is 0 Å². The first kappa shape index (κ1) is 11.9. The fourth-order valence-corrected chi connectivity index (χ4v) is 2.89. The van der Waals surface area contributed by atoms with Gasteiger partial charge in [-0.05, 0) is 34.3 Å². The van der Waals surface area contributed by atoms with Gasteiger partial charge in [0.05, 0.1) is 11.6 Å². The van der Waals surface area contributed by atoms with E-state index in [1.54, 1.807) is 24.3 Å².